The van der Waals surface area contributed by atoms with Crippen molar-refractivity contribution in [2.75, 3.05) is 27.4 Å². The van der Waals surface area contributed by atoms with Crippen LogP contribution in [0.4, 0.5) is 0 Å². The number of hydrogen-bond acceptors (Lipinski definition) is 4. The first-order valence-electron chi connectivity index (χ1n) is 7.91. The summed E-state index contributed by atoms with van der Waals surface area (Å²) in [5.74, 6) is 1.19. The number of amides is 1. The molecular formula is C19H22ClNO4. The van der Waals surface area contributed by atoms with E-state index in [2.05, 4.69) is 0 Å². The maximum absolute atomic E-state index is 12.7. The molecule has 0 aliphatic carbocycles. The van der Waals surface area contributed by atoms with Crippen LogP contribution >= 0.6 is 11.6 Å². The number of carbonyl (C=O) groups is 1. The molecule has 2 aromatic rings. The molecule has 0 saturated heterocycles. The Morgan fingerprint density at radius 3 is 2.44 bits per heavy atom. The van der Waals surface area contributed by atoms with Gasteiger partial charge in [0.25, 0.3) is 0 Å². The highest BCUT2D eigenvalue weighted by Gasteiger charge is 2.17. The van der Waals surface area contributed by atoms with E-state index < -0.39 is 0 Å². The predicted octanol–water partition coefficient (Wildman–Crippen LogP) is 2.92. The van der Waals surface area contributed by atoms with Crippen molar-refractivity contribution in [2.45, 2.75) is 13.0 Å². The highest BCUT2D eigenvalue weighted by atomic mass is 35.5. The van der Waals surface area contributed by atoms with Crippen molar-refractivity contribution < 1.29 is 19.4 Å². The van der Waals surface area contributed by atoms with Gasteiger partial charge in [0.2, 0.25) is 5.91 Å². The lowest BCUT2D eigenvalue weighted by molar-refractivity contribution is -0.131. The third kappa shape index (κ3) is 5.37. The van der Waals surface area contributed by atoms with E-state index in [0.717, 1.165) is 11.1 Å². The SMILES string of the molecule is COc1ccc(OC)c(CC(=O)N(CCO)Cc2ccc(Cl)cc2)c1. The molecule has 0 spiro atoms. The lowest BCUT2D eigenvalue weighted by Crippen LogP contribution is -2.34. The zero-order valence-electron chi connectivity index (χ0n) is 14.4. The first-order valence-corrected chi connectivity index (χ1v) is 8.29. The number of aliphatic hydroxyl groups is 1. The van der Waals surface area contributed by atoms with Crippen LogP contribution in [0.2, 0.25) is 5.02 Å². The van der Waals surface area contributed by atoms with Gasteiger partial charge in [-0.1, -0.05) is 23.7 Å². The van der Waals surface area contributed by atoms with Crippen LogP contribution in [0.15, 0.2) is 42.5 Å². The van der Waals surface area contributed by atoms with Crippen molar-refractivity contribution in [1.82, 2.24) is 4.90 Å². The molecule has 2 rings (SSSR count). The Balaban J connectivity index is 2.15. The minimum atomic E-state index is -0.103. The van der Waals surface area contributed by atoms with Crippen molar-refractivity contribution in [3.8, 4) is 11.5 Å². The molecule has 0 heterocycles. The standard InChI is InChI=1S/C19H22ClNO4/c1-24-17-7-8-18(25-2)15(11-17)12-19(23)21(9-10-22)13-14-3-5-16(20)6-4-14/h3-8,11,22H,9-10,12-13H2,1-2H3. The van der Waals surface area contributed by atoms with Gasteiger partial charge in [-0.3, -0.25) is 4.79 Å². The molecule has 0 aliphatic rings. The summed E-state index contributed by atoms with van der Waals surface area (Å²) in [5.41, 5.74) is 1.69. The number of nitrogens with zero attached hydrogens (tertiary/aromatic N) is 1. The quantitative estimate of drug-likeness (QED) is 0.783. The Kier molecular flexibility index (Phi) is 7.10. The van der Waals surface area contributed by atoms with E-state index in [9.17, 15) is 9.90 Å². The number of halogens is 1. The van der Waals surface area contributed by atoms with Gasteiger partial charge < -0.3 is 19.5 Å². The summed E-state index contributed by atoms with van der Waals surface area (Å²) in [5, 5.41) is 9.94. The summed E-state index contributed by atoms with van der Waals surface area (Å²) in [4.78, 5) is 14.3. The van der Waals surface area contributed by atoms with E-state index in [1.807, 2.05) is 12.1 Å². The number of ether oxygens (including phenoxy) is 2. The summed E-state index contributed by atoms with van der Waals surface area (Å²) < 4.78 is 10.5. The van der Waals surface area contributed by atoms with Crippen LogP contribution in [-0.4, -0.2) is 43.3 Å². The minimum Gasteiger partial charge on any atom is -0.497 e. The van der Waals surface area contributed by atoms with Gasteiger partial charge in [0.05, 0.1) is 27.2 Å². The summed E-state index contributed by atoms with van der Waals surface area (Å²) >= 11 is 5.89. The molecular weight excluding hydrogens is 342 g/mol. The Morgan fingerprint density at radius 1 is 1.12 bits per heavy atom. The maximum atomic E-state index is 12.7. The molecule has 0 bridgehead atoms. The van der Waals surface area contributed by atoms with Crippen LogP contribution < -0.4 is 9.47 Å². The third-order valence-corrected chi connectivity index (χ3v) is 4.09. The van der Waals surface area contributed by atoms with Gasteiger partial charge in [-0.2, -0.15) is 0 Å². The fourth-order valence-electron chi connectivity index (χ4n) is 2.52. The first kappa shape index (κ1) is 19.1. The van der Waals surface area contributed by atoms with Crippen molar-refractivity contribution in [3.63, 3.8) is 0 Å². The number of carbonyl (C=O) groups excluding carboxylic acids is 1. The van der Waals surface area contributed by atoms with Crippen molar-refractivity contribution in [2.24, 2.45) is 0 Å². The van der Waals surface area contributed by atoms with Gasteiger partial charge in [0.1, 0.15) is 11.5 Å². The summed E-state index contributed by atoms with van der Waals surface area (Å²) in [7, 11) is 3.14. The molecule has 1 amide bonds. The van der Waals surface area contributed by atoms with Crippen LogP contribution in [0.1, 0.15) is 11.1 Å². The average Bonchev–Trinajstić information content (AvgIpc) is 2.63. The number of benzene rings is 2. The second-order valence-electron chi connectivity index (χ2n) is 5.52. The Hall–Kier alpha value is -2.24. The third-order valence-electron chi connectivity index (χ3n) is 3.84. The van der Waals surface area contributed by atoms with E-state index in [-0.39, 0.29) is 25.5 Å². The van der Waals surface area contributed by atoms with E-state index >= 15 is 0 Å². The van der Waals surface area contributed by atoms with Crippen molar-refractivity contribution >= 4 is 17.5 Å². The second kappa shape index (κ2) is 9.30. The Bertz CT molecular complexity index is 703. The molecule has 25 heavy (non-hydrogen) atoms. The molecule has 0 saturated carbocycles. The lowest BCUT2D eigenvalue weighted by atomic mass is 10.1. The fraction of sp³-hybridized carbons (Fsp3) is 0.316. The van der Waals surface area contributed by atoms with Gasteiger partial charge in [-0.05, 0) is 35.9 Å². The number of methoxy groups -OCH3 is 2. The van der Waals surface area contributed by atoms with Crippen LogP contribution in [0.3, 0.4) is 0 Å². The van der Waals surface area contributed by atoms with Gasteiger partial charge >= 0.3 is 0 Å². The molecule has 0 aliphatic heterocycles. The van der Waals surface area contributed by atoms with Gasteiger partial charge in [-0.25, -0.2) is 0 Å². The Labute approximate surface area is 152 Å². The molecule has 134 valence electrons. The second-order valence-corrected chi connectivity index (χ2v) is 5.96. The van der Waals surface area contributed by atoms with E-state index in [0.29, 0.717) is 23.1 Å². The fourth-order valence-corrected chi connectivity index (χ4v) is 2.64. The van der Waals surface area contributed by atoms with Crippen molar-refractivity contribution in [3.05, 3.63) is 58.6 Å². The molecule has 1 N–H and O–H groups in total. The monoisotopic (exact) mass is 363 g/mol. The van der Waals surface area contributed by atoms with E-state index in [1.165, 1.54) is 0 Å². The largest absolute Gasteiger partial charge is 0.497 e. The number of rotatable bonds is 8. The van der Waals surface area contributed by atoms with Gasteiger partial charge in [0.15, 0.2) is 0 Å². The van der Waals surface area contributed by atoms with Gasteiger partial charge in [0, 0.05) is 23.7 Å². The van der Waals surface area contributed by atoms with Crippen LogP contribution in [-0.2, 0) is 17.8 Å². The molecule has 6 heteroatoms. The minimum absolute atomic E-state index is 0.101. The Morgan fingerprint density at radius 2 is 1.84 bits per heavy atom. The molecule has 0 aromatic heterocycles. The van der Waals surface area contributed by atoms with Crippen molar-refractivity contribution in [1.29, 1.82) is 0 Å². The predicted molar refractivity (Wildman–Crippen MR) is 97.2 cm³/mol. The molecule has 5 nitrogen and oxygen atoms in total. The normalized spacial score (nSPS) is 10.4. The zero-order valence-corrected chi connectivity index (χ0v) is 15.1. The molecule has 0 unspecified atom stereocenters. The van der Waals surface area contributed by atoms with Gasteiger partial charge in [-0.15, -0.1) is 0 Å². The maximum Gasteiger partial charge on any atom is 0.227 e. The smallest absolute Gasteiger partial charge is 0.227 e. The summed E-state index contributed by atoms with van der Waals surface area (Å²) in [6.07, 6.45) is 0.161. The average molecular weight is 364 g/mol. The topological polar surface area (TPSA) is 59.0 Å². The highest BCUT2D eigenvalue weighted by Crippen LogP contribution is 2.25. The van der Waals surface area contributed by atoms with E-state index in [4.69, 9.17) is 21.1 Å². The summed E-state index contributed by atoms with van der Waals surface area (Å²) in [6.45, 7) is 0.561. The molecule has 0 fully saturated rings. The zero-order chi connectivity index (χ0) is 18.2. The van der Waals surface area contributed by atoms with E-state index in [1.54, 1.807) is 49.5 Å². The molecule has 0 atom stereocenters. The highest BCUT2D eigenvalue weighted by molar-refractivity contribution is 6.30. The molecule has 2 aromatic carbocycles. The lowest BCUT2D eigenvalue weighted by Gasteiger charge is -2.22. The first-order chi connectivity index (χ1) is 12.1. The van der Waals surface area contributed by atoms with Crippen LogP contribution in [0.25, 0.3) is 0 Å². The van der Waals surface area contributed by atoms with Crippen LogP contribution in [0, 0.1) is 0 Å². The number of aliphatic hydroxyl groups excluding tert-OH is 1. The summed E-state index contributed by atoms with van der Waals surface area (Å²) in [6, 6.07) is 12.6. The number of hydrogen-bond donors (Lipinski definition) is 1. The van der Waals surface area contributed by atoms with Crippen LogP contribution in [0.5, 0.6) is 11.5 Å². The molecule has 0 radical (unpaired) electrons.